The van der Waals surface area contributed by atoms with Crippen LogP contribution in [0.4, 0.5) is 0 Å². The molecule has 0 bridgehead atoms. The van der Waals surface area contributed by atoms with Crippen molar-refractivity contribution in [3.8, 4) is 5.75 Å². The number of nitrogens with one attached hydrogen (secondary N) is 4. The number of hydrogen-bond donors (Lipinski definition) is 7. The highest BCUT2D eigenvalue weighted by molar-refractivity contribution is 5.94. The molecule has 1 heterocycles. The minimum atomic E-state index is -1.23. The number of hydrogen-bond acceptors (Lipinski definition) is 6. The van der Waals surface area contributed by atoms with Gasteiger partial charge in [-0.25, -0.2) is 4.79 Å². The second kappa shape index (κ2) is 13.4. The second-order valence-corrected chi connectivity index (χ2v) is 9.85. The molecule has 11 nitrogen and oxygen atoms in total. The van der Waals surface area contributed by atoms with E-state index in [2.05, 4.69) is 20.9 Å². The maximum Gasteiger partial charge on any atom is 0.326 e. The van der Waals surface area contributed by atoms with Crippen molar-refractivity contribution in [1.29, 1.82) is 0 Å². The number of aliphatic carboxylic acids is 1. The van der Waals surface area contributed by atoms with E-state index in [-0.39, 0.29) is 37.5 Å². The molecular formula is C28H35N5O6. The number of phenols is 1. The fourth-order valence-corrected chi connectivity index (χ4v) is 4.30. The van der Waals surface area contributed by atoms with Gasteiger partial charge in [-0.05, 0) is 41.7 Å². The van der Waals surface area contributed by atoms with Gasteiger partial charge >= 0.3 is 5.97 Å². The van der Waals surface area contributed by atoms with E-state index in [1.165, 1.54) is 12.1 Å². The SMILES string of the molecule is CC(C)CC(NC(=O)C(Cc1ccc(O)cc1)NC(=O)CN)C(=O)NC(Cc1c[nH]c2ccccc12)C(=O)O. The van der Waals surface area contributed by atoms with Gasteiger partial charge in [-0.3, -0.25) is 14.4 Å². The first-order chi connectivity index (χ1) is 18.6. The number of aromatic hydroxyl groups is 1. The monoisotopic (exact) mass is 537 g/mol. The lowest BCUT2D eigenvalue weighted by molar-refractivity contribution is -0.142. The van der Waals surface area contributed by atoms with Crippen LogP contribution >= 0.6 is 0 Å². The number of aromatic nitrogens is 1. The molecule has 11 heteroatoms. The molecule has 0 aliphatic rings. The van der Waals surface area contributed by atoms with Crippen molar-refractivity contribution in [2.45, 2.75) is 51.2 Å². The Morgan fingerprint density at radius 1 is 0.872 bits per heavy atom. The van der Waals surface area contributed by atoms with Crippen LogP contribution in [-0.4, -0.2) is 63.6 Å². The van der Waals surface area contributed by atoms with Gasteiger partial charge in [-0.15, -0.1) is 0 Å². The Hall–Kier alpha value is -4.38. The highest BCUT2D eigenvalue weighted by Crippen LogP contribution is 2.19. The summed E-state index contributed by atoms with van der Waals surface area (Å²) in [6, 6.07) is 10.3. The van der Waals surface area contributed by atoms with E-state index in [0.29, 0.717) is 5.56 Å². The maximum atomic E-state index is 13.3. The summed E-state index contributed by atoms with van der Waals surface area (Å²) in [5.41, 5.74) is 7.68. The number of benzene rings is 2. The number of amides is 3. The van der Waals surface area contributed by atoms with E-state index in [1.54, 1.807) is 18.3 Å². The lowest BCUT2D eigenvalue weighted by atomic mass is 10.00. The molecule has 208 valence electrons. The van der Waals surface area contributed by atoms with E-state index in [9.17, 15) is 29.4 Å². The summed E-state index contributed by atoms with van der Waals surface area (Å²) in [4.78, 5) is 53.7. The van der Waals surface area contributed by atoms with Gasteiger partial charge in [0.15, 0.2) is 0 Å². The first kappa shape index (κ1) is 29.2. The number of rotatable bonds is 13. The lowest BCUT2D eigenvalue weighted by Crippen LogP contribution is -2.57. The Balaban J connectivity index is 1.76. The van der Waals surface area contributed by atoms with Gasteiger partial charge in [-0.1, -0.05) is 44.2 Å². The number of carbonyl (C=O) groups excluding carboxylic acids is 3. The minimum Gasteiger partial charge on any atom is -0.508 e. The number of phenolic OH excluding ortho intramolecular Hbond substituents is 1. The number of carboxylic acids is 1. The topological polar surface area (TPSA) is 187 Å². The molecular weight excluding hydrogens is 502 g/mol. The van der Waals surface area contributed by atoms with E-state index >= 15 is 0 Å². The fraction of sp³-hybridized carbons (Fsp3) is 0.357. The van der Waals surface area contributed by atoms with Crippen LogP contribution in [0.15, 0.2) is 54.7 Å². The molecule has 3 rings (SSSR count). The van der Waals surface area contributed by atoms with Crippen molar-refractivity contribution in [3.05, 3.63) is 65.9 Å². The van der Waals surface area contributed by atoms with Gasteiger partial charge in [0.2, 0.25) is 17.7 Å². The average Bonchev–Trinajstić information content (AvgIpc) is 3.31. The molecule has 2 aromatic carbocycles. The molecule has 0 aliphatic heterocycles. The third kappa shape index (κ3) is 8.30. The predicted molar refractivity (Wildman–Crippen MR) is 146 cm³/mol. The van der Waals surface area contributed by atoms with Gasteiger partial charge in [0, 0.05) is 29.9 Å². The van der Waals surface area contributed by atoms with E-state index in [1.807, 2.05) is 38.1 Å². The Bertz CT molecular complexity index is 1300. The zero-order valence-electron chi connectivity index (χ0n) is 21.9. The zero-order chi connectivity index (χ0) is 28.5. The number of fused-ring (bicyclic) bond motifs is 1. The maximum absolute atomic E-state index is 13.3. The summed E-state index contributed by atoms with van der Waals surface area (Å²) < 4.78 is 0. The summed E-state index contributed by atoms with van der Waals surface area (Å²) >= 11 is 0. The van der Waals surface area contributed by atoms with Crippen LogP contribution < -0.4 is 21.7 Å². The Morgan fingerprint density at radius 3 is 2.15 bits per heavy atom. The molecule has 3 unspecified atom stereocenters. The molecule has 3 aromatic rings. The second-order valence-electron chi connectivity index (χ2n) is 9.85. The quantitative estimate of drug-likeness (QED) is 0.171. The van der Waals surface area contributed by atoms with Crippen LogP contribution in [0.2, 0.25) is 0 Å². The van der Waals surface area contributed by atoms with Gasteiger partial charge in [0.25, 0.3) is 0 Å². The molecule has 3 amide bonds. The highest BCUT2D eigenvalue weighted by atomic mass is 16.4. The first-order valence-corrected chi connectivity index (χ1v) is 12.7. The summed E-state index contributed by atoms with van der Waals surface area (Å²) in [5, 5.41) is 28.1. The molecule has 0 radical (unpaired) electrons. The number of para-hydroxylation sites is 1. The largest absolute Gasteiger partial charge is 0.508 e. The van der Waals surface area contributed by atoms with Gasteiger partial charge in [-0.2, -0.15) is 0 Å². The molecule has 0 aliphatic carbocycles. The molecule has 3 atom stereocenters. The Kier molecular flexibility index (Phi) is 10.0. The van der Waals surface area contributed by atoms with Crippen LogP contribution in [0, 0.1) is 5.92 Å². The van der Waals surface area contributed by atoms with Crippen LogP contribution in [0.25, 0.3) is 10.9 Å². The Morgan fingerprint density at radius 2 is 1.51 bits per heavy atom. The molecule has 0 saturated heterocycles. The van der Waals surface area contributed by atoms with Crippen LogP contribution in [0.3, 0.4) is 0 Å². The number of H-pyrrole nitrogens is 1. The molecule has 0 spiro atoms. The average molecular weight is 538 g/mol. The summed E-state index contributed by atoms with van der Waals surface area (Å²) in [5.74, 6) is -2.97. The predicted octanol–water partition coefficient (Wildman–Crippen LogP) is 1.20. The van der Waals surface area contributed by atoms with Crippen molar-refractivity contribution in [2.75, 3.05) is 6.54 Å². The van der Waals surface area contributed by atoms with Gasteiger partial charge < -0.3 is 36.9 Å². The lowest BCUT2D eigenvalue weighted by Gasteiger charge is -2.25. The van der Waals surface area contributed by atoms with Crippen molar-refractivity contribution in [3.63, 3.8) is 0 Å². The number of carbonyl (C=O) groups is 4. The molecule has 1 aromatic heterocycles. The molecule has 8 N–H and O–H groups in total. The van der Waals surface area contributed by atoms with Crippen molar-refractivity contribution < 1.29 is 29.4 Å². The van der Waals surface area contributed by atoms with Gasteiger partial charge in [0.05, 0.1) is 6.54 Å². The van der Waals surface area contributed by atoms with Crippen LogP contribution in [0.1, 0.15) is 31.4 Å². The Labute approximate surface area is 226 Å². The standard InChI is InChI=1S/C28H35N5O6/c1-16(2)11-22(32-27(37)23(31-25(35)14-29)12-17-7-9-19(34)10-8-17)26(36)33-24(28(38)39)13-18-15-30-21-6-4-3-5-20(18)21/h3-10,15-16,22-24,30,34H,11-14,29H2,1-2H3,(H,31,35)(H,32,37)(H,33,36)(H,38,39). The van der Waals surface area contributed by atoms with Crippen molar-refractivity contribution in [1.82, 2.24) is 20.9 Å². The summed E-state index contributed by atoms with van der Waals surface area (Å²) in [7, 11) is 0. The van der Waals surface area contributed by atoms with E-state index in [4.69, 9.17) is 5.73 Å². The van der Waals surface area contributed by atoms with Crippen molar-refractivity contribution in [2.24, 2.45) is 11.7 Å². The van der Waals surface area contributed by atoms with Crippen molar-refractivity contribution >= 4 is 34.6 Å². The first-order valence-electron chi connectivity index (χ1n) is 12.7. The third-order valence-electron chi connectivity index (χ3n) is 6.27. The molecule has 0 saturated carbocycles. The number of carboxylic acid groups (broad SMARTS) is 1. The third-order valence-corrected chi connectivity index (χ3v) is 6.27. The van der Waals surface area contributed by atoms with Crippen LogP contribution in [0.5, 0.6) is 5.75 Å². The number of nitrogens with two attached hydrogens (primary N) is 1. The fourth-order valence-electron chi connectivity index (χ4n) is 4.30. The number of aromatic amines is 1. The van der Waals surface area contributed by atoms with E-state index in [0.717, 1.165) is 16.5 Å². The normalized spacial score (nSPS) is 13.4. The molecule has 0 fully saturated rings. The van der Waals surface area contributed by atoms with E-state index < -0.39 is 41.8 Å². The summed E-state index contributed by atoms with van der Waals surface area (Å²) in [6.45, 7) is 3.41. The van der Waals surface area contributed by atoms with Gasteiger partial charge in [0.1, 0.15) is 23.9 Å². The van der Waals surface area contributed by atoms with Crippen LogP contribution in [-0.2, 0) is 32.0 Å². The minimum absolute atomic E-state index is 0.00729. The molecule has 39 heavy (non-hydrogen) atoms. The smallest absolute Gasteiger partial charge is 0.326 e. The summed E-state index contributed by atoms with van der Waals surface area (Å²) in [6.07, 6.45) is 2.09. The zero-order valence-corrected chi connectivity index (χ0v) is 21.9. The highest BCUT2D eigenvalue weighted by Gasteiger charge is 2.30.